The van der Waals surface area contributed by atoms with Gasteiger partial charge in [-0.25, -0.2) is 4.98 Å². The van der Waals surface area contributed by atoms with E-state index in [1.165, 1.54) is 0 Å². The van der Waals surface area contributed by atoms with E-state index >= 15 is 0 Å². The average molecular weight is 392 g/mol. The standard InChI is InChI=1S/C18H15Cl2N3O3/c19-12-3-5-16(15(20)8-12)26-11-18(24)23-17-6-4-13(9-22-17)21-10-14-2-1-7-25-14/h1-9,21H,10-11H2,(H,22,23,24). The first-order chi connectivity index (χ1) is 12.6. The molecule has 3 rings (SSSR count). The molecule has 0 aliphatic carbocycles. The predicted molar refractivity (Wildman–Crippen MR) is 101 cm³/mol. The molecule has 2 N–H and O–H groups in total. The number of ether oxygens (including phenoxy) is 1. The first-order valence-electron chi connectivity index (χ1n) is 7.70. The number of halogens is 2. The van der Waals surface area contributed by atoms with Gasteiger partial charge in [0.15, 0.2) is 6.61 Å². The molecular formula is C18H15Cl2N3O3. The van der Waals surface area contributed by atoms with Gasteiger partial charge in [0.25, 0.3) is 5.91 Å². The van der Waals surface area contributed by atoms with Crippen molar-refractivity contribution in [3.63, 3.8) is 0 Å². The molecular weight excluding hydrogens is 377 g/mol. The Hall–Kier alpha value is -2.70. The van der Waals surface area contributed by atoms with Gasteiger partial charge in [0.2, 0.25) is 0 Å². The van der Waals surface area contributed by atoms with E-state index < -0.39 is 0 Å². The third-order valence-electron chi connectivity index (χ3n) is 3.33. The number of benzene rings is 1. The fourth-order valence-corrected chi connectivity index (χ4v) is 2.55. The molecule has 26 heavy (non-hydrogen) atoms. The van der Waals surface area contributed by atoms with Crippen molar-refractivity contribution < 1.29 is 13.9 Å². The number of hydrogen-bond acceptors (Lipinski definition) is 5. The first kappa shape index (κ1) is 18.1. The second kappa shape index (κ2) is 8.60. The van der Waals surface area contributed by atoms with Gasteiger partial charge in [0.05, 0.1) is 29.7 Å². The Labute approximate surface area is 160 Å². The number of aromatic nitrogens is 1. The largest absolute Gasteiger partial charge is 0.482 e. The van der Waals surface area contributed by atoms with Crippen LogP contribution in [0.1, 0.15) is 5.76 Å². The normalized spacial score (nSPS) is 10.4. The molecule has 1 amide bonds. The lowest BCUT2D eigenvalue weighted by Gasteiger charge is -2.09. The summed E-state index contributed by atoms with van der Waals surface area (Å²) in [6.07, 6.45) is 3.24. The Morgan fingerprint density at radius 2 is 2.08 bits per heavy atom. The van der Waals surface area contributed by atoms with Crippen molar-refractivity contribution in [1.82, 2.24) is 4.98 Å². The van der Waals surface area contributed by atoms with E-state index in [1.807, 2.05) is 18.2 Å². The quantitative estimate of drug-likeness (QED) is 0.614. The second-order valence-corrected chi connectivity index (χ2v) is 6.12. The Balaban J connectivity index is 1.48. The maximum Gasteiger partial charge on any atom is 0.263 e. The summed E-state index contributed by atoms with van der Waals surface area (Å²) in [4.78, 5) is 16.1. The highest BCUT2D eigenvalue weighted by molar-refractivity contribution is 6.35. The molecule has 0 aliphatic rings. The predicted octanol–water partition coefficient (Wildman–Crippen LogP) is 4.61. The lowest BCUT2D eigenvalue weighted by Crippen LogP contribution is -2.20. The van der Waals surface area contributed by atoms with Gasteiger partial charge in [0, 0.05) is 5.02 Å². The molecule has 0 bridgehead atoms. The molecule has 0 aliphatic heterocycles. The van der Waals surface area contributed by atoms with E-state index in [0.717, 1.165) is 11.4 Å². The molecule has 0 spiro atoms. The monoisotopic (exact) mass is 391 g/mol. The molecule has 3 aromatic rings. The van der Waals surface area contributed by atoms with Crippen molar-refractivity contribution >= 4 is 40.6 Å². The SMILES string of the molecule is O=C(COc1ccc(Cl)cc1Cl)Nc1ccc(NCc2ccco2)cn1. The molecule has 2 aromatic heterocycles. The molecule has 2 heterocycles. The highest BCUT2D eigenvalue weighted by atomic mass is 35.5. The number of carbonyl (C=O) groups excluding carboxylic acids is 1. The topological polar surface area (TPSA) is 76.4 Å². The van der Waals surface area contributed by atoms with Gasteiger partial charge in [0.1, 0.15) is 17.3 Å². The lowest BCUT2D eigenvalue weighted by molar-refractivity contribution is -0.118. The van der Waals surface area contributed by atoms with Crippen LogP contribution in [0, 0.1) is 0 Å². The molecule has 0 radical (unpaired) electrons. The van der Waals surface area contributed by atoms with Crippen molar-refractivity contribution in [2.45, 2.75) is 6.54 Å². The summed E-state index contributed by atoms with van der Waals surface area (Å²) in [5.74, 6) is 1.28. The summed E-state index contributed by atoms with van der Waals surface area (Å²) < 4.78 is 10.6. The van der Waals surface area contributed by atoms with E-state index in [9.17, 15) is 4.79 Å². The summed E-state index contributed by atoms with van der Waals surface area (Å²) in [6, 6.07) is 12.0. The maximum atomic E-state index is 12.0. The molecule has 8 heteroatoms. The van der Waals surface area contributed by atoms with Crippen LogP contribution in [0.5, 0.6) is 5.75 Å². The highest BCUT2D eigenvalue weighted by Crippen LogP contribution is 2.27. The number of pyridine rings is 1. The van der Waals surface area contributed by atoms with Crippen molar-refractivity contribution in [1.29, 1.82) is 0 Å². The first-order valence-corrected chi connectivity index (χ1v) is 8.46. The van der Waals surface area contributed by atoms with Crippen LogP contribution in [0.2, 0.25) is 10.0 Å². The molecule has 0 saturated heterocycles. The van der Waals surface area contributed by atoms with Crippen LogP contribution in [-0.4, -0.2) is 17.5 Å². The molecule has 6 nitrogen and oxygen atoms in total. The van der Waals surface area contributed by atoms with Crippen LogP contribution in [0.25, 0.3) is 0 Å². The van der Waals surface area contributed by atoms with Crippen LogP contribution >= 0.6 is 23.2 Å². The van der Waals surface area contributed by atoms with Crippen molar-refractivity contribution in [2.75, 3.05) is 17.2 Å². The number of amides is 1. The molecule has 0 fully saturated rings. The third kappa shape index (κ3) is 5.15. The fraction of sp³-hybridized carbons (Fsp3) is 0.111. The van der Waals surface area contributed by atoms with Crippen molar-refractivity contribution in [3.05, 3.63) is 70.7 Å². The summed E-state index contributed by atoms with van der Waals surface area (Å²) >= 11 is 11.8. The van der Waals surface area contributed by atoms with Crippen LogP contribution in [-0.2, 0) is 11.3 Å². The van der Waals surface area contributed by atoms with E-state index in [1.54, 1.807) is 36.7 Å². The van der Waals surface area contributed by atoms with E-state index in [2.05, 4.69) is 15.6 Å². The summed E-state index contributed by atoms with van der Waals surface area (Å²) in [5.41, 5.74) is 0.809. The zero-order chi connectivity index (χ0) is 18.4. The second-order valence-electron chi connectivity index (χ2n) is 5.28. The van der Waals surface area contributed by atoms with E-state index in [4.69, 9.17) is 32.4 Å². The Bertz CT molecular complexity index is 868. The van der Waals surface area contributed by atoms with Gasteiger partial charge < -0.3 is 19.8 Å². The number of nitrogens with one attached hydrogen (secondary N) is 2. The third-order valence-corrected chi connectivity index (χ3v) is 3.86. The van der Waals surface area contributed by atoms with Crippen LogP contribution < -0.4 is 15.4 Å². The Kier molecular flexibility index (Phi) is 5.99. The summed E-state index contributed by atoms with van der Waals surface area (Å²) in [7, 11) is 0. The molecule has 0 saturated carbocycles. The van der Waals surface area contributed by atoms with Crippen LogP contribution in [0.15, 0.2) is 59.3 Å². The maximum absolute atomic E-state index is 12.0. The summed E-state index contributed by atoms with van der Waals surface area (Å²) in [5, 5.41) is 6.66. The average Bonchev–Trinajstić information content (AvgIpc) is 3.14. The van der Waals surface area contributed by atoms with Crippen molar-refractivity contribution in [3.8, 4) is 5.75 Å². The van der Waals surface area contributed by atoms with Gasteiger partial charge in [-0.15, -0.1) is 0 Å². The number of carbonyl (C=O) groups is 1. The summed E-state index contributed by atoms with van der Waals surface area (Å²) in [6.45, 7) is 0.359. The number of furan rings is 1. The lowest BCUT2D eigenvalue weighted by atomic mass is 10.3. The minimum atomic E-state index is -0.347. The number of rotatable bonds is 7. The van der Waals surface area contributed by atoms with Gasteiger partial charge in [-0.2, -0.15) is 0 Å². The number of hydrogen-bond donors (Lipinski definition) is 2. The zero-order valence-corrected chi connectivity index (χ0v) is 15.1. The zero-order valence-electron chi connectivity index (χ0n) is 13.5. The van der Waals surface area contributed by atoms with Gasteiger partial charge in [-0.05, 0) is 42.5 Å². The van der Waals surface area contributed by atoms with E-state index in [-0.39, 0.29) is 12.5 Å². The van der Waals surface area contributed by atoms with Crippen LogP contribution in [0.3, 0.4) is 0 Å². The minimum Gasteiger partial charge on any atom is -0.482 e. The fourth-order valence-electron chi connectivity index (χ4n) is 2.09. The Morgan fingerprint density at radius 1 is 1.19 bits per heavy atom. The minimum absolute atomic E-state index is 0.193. The van der Waals surface area contributed by atoms with Crippen molar-refractivity contribution in [2.24, 2.45) is 0 Å². The highest BCUT2D eigenvalue weighted by Gasteiger charge is 2.08. The molecule has 1 aromatic carbocycles. The molecule has 134 valence electrons. The number of nitrogens with zero attached hydrogens (tertiary/aromatic N) is 1. The Morgan fingerprint density at radius 3 is 2.77 bits per heavy atom. The number of anilines is 2. The van der Waals surface area contributed by atoms with Gasteiger partial charge in [-0.3, -0.25) is 4.79 Å². The molecule has 0 unspecified atom stereocenters. The smallest absolute Gasteiger partial charge is 0.263 e. The van der Waals surface area contributed by atoms with Gasteiger partial charge in [-0.1, -0.05) is 23.2 Å². The van der Waals surface area contributed by atoms with E-state index in [0.29, 0.717) is 28.2 Å². The molecule has 0 atom stereocenters. The van der Waals surface area contributed by atoms with Gasteiger partial charge >= 0.3 is 0 Å². The van der Waals surface area contributed by atoms with Crippen LogP contribution in [0.4, 0.5) is 11.5 Å².